The Labute approximate surface area is 138 Å². The van der Waals surface area contributed by atoms with Crippen LogP contribution in [0.2, 0.25) is 0 Å². The predicted molar refractivity (Wildman–Crippen MR) is 99.6 cm³/mol. The first kappa shape index (κ1) is 20.9. The molecule has 0 saturated carbocycles. The molecule has 22 heavy (non-hydrogen) atoms. The van der Waals surface area contributed by atoms with E-state index >= 15 is 0 Å². The summed E-state index contributed by atoms with van der Waals surface area (Å²) in [7, 11) is 0. The Kier molecular flexibility index (Phi) is 11.9. The maximum absolute atomic E-state index is 9.54. The van der Waals surface area contributed by atoms with E-state index in [2.05, 4.69) is 51.4 Å². The second-order valence-corrected chi connectivity index (χ2v) is 6.55. The maximum atomic E-state index is 9.54. The van der Waals surface area contributed by atoms with Crippen LogP contribution in [0.3, 0.4) is 0 Å². The minimum Gasteiger partial charge on any atom is -0.494 e. The van der Waals surface area contributed by atoms with E-state index in [4.69, 9.17) is 0 Å². The summed E-state index contributed by atoms with van der Waals surface area (Å²) in [6.45, 7) is 12.4. The molecule has 1 unspecified atom stereocenters. The molecule has 0 aromatic carbocycles. The molecule has 0 aromatic rings. The topological polar surface area (TPSA) is 32.6 Å². The summed E-state index contributed by atoms with van der Waals surface area (Å²) in [6.07, 6.45) is 16.3. The molecule has 0 heterocycles. The molecule has 128 valence electrons. The summed E-state index contributed by atoms with van der Waals surface area (Å²) in [6, 6.07) is 0. The summed E-state index contributed by atoms with van der Waals surface area (Å²) in [4.78, 5) is 4.35. The standard InChI is InChI=1S/C20H37NO/c1-6-9-12-13-14-17-20(5,16-11-8-3)19(15-10-7-2)21-18(4)22/h10,15,22H,4,6-9,11-14,16-17H2,1-3,5H3/b15-10-,21-19+. The fourth-order valence-electron chi connectivity index (χ4n) is 2.81. The third-order valence-corrected chi connectivity index (χ3v) is 4.29. The molecule has 0 spiro atoms. The highest BCUT2D eigenvalue weighted by atomic mass is 16.3. The number of allylic oxidation sites excluding steroid dienone is 2. The van der Waals surface area contributed by atoms with Gasteiger partial charge in [0.2, 0.25) is 5.88 Å². The minimum atomic E-state index is -0.0792. The van der Waals surface area contributed by atoms with Crippen molar-refractivity contribution in [2.24, 2.45) is 10.4 Å². The van der Waals surface area contributed by atoms with Crippen LogP contribution in [0.15, 0.2) is 29.6 Å². The molecule has 0 radical (unpaired) electrons. The minimum absolute atomic E-state index is 0.0412. The van der Waals surface area contributed by atoms with E-state index in [0.717, 1.165) is 25.0 Å². The van der Waals surface area contributed by atoms with Crippen molar-refractivity contribution in [1.29, 1.82) is 0 Å². The van der Waals surface area contributed by atoms with Gasteiger partial charge in [-0.3, -0.25) is 0 Å². The number of aliphatic hydroxyl groups is 1. The first-order valence-electron chi connectivity index (χ1n) is 9.13. The van der Waals surface area contributed by atoms with Gasteiger partial charge in [-0.2, -0.15) is 0 Å². The fraction of sp³-hybridized carbons (Fsp3) is 0.750. The van der Waals surface area contributed by atoms with Crippen LogP contribution in [0.25, 0.3) is 0 Å². The number of hydrogen-bond donors (Lipinski definition) is 1. The van der Waals surface area contributed by atoms with E-state index < -0.39 is 0 Å². The van der Waals surface area contributed by atoms with Gasteiger partial charge in [0.1, 0.15) is 0 Å². The highest BCUT2D eigenvalue weighted by molar-refractivity contribution is 6.00. The lowest BCUT2D eigenvalue weighted by atomic mass is 9.75. The molecule has 0 aliphatic carbocycles. The molecule has 1 atom stereocenters. The van der Waals surface area contributed by atoms with Crippen LogP contribution in [-0.2, 0) is 0 Å². The van der Waals surface area contributed by atoms with Crippen LogP contribution in [0, 0.1) is 5.41 Å². The highest BCUT2D eigenvalue weighted by Gasteiger charge is 2.28. The van der Waals surface area contributed by atoms with Crippen molar-refractivity contribution < 1.29 is 5.11 Å². The molecular weight excluding hydrogens is 270 g/mol. The van der Waals surface area contributed by atoms with Crippen molar-refractivity contribution in [3.63, 3.8) is 0 Å². The molecule has 2 heteroatoms. The van der Waals surface area contributed by atoms with E-state index in [1.807, 2.05) is 0 Å². The number of nitrogens with zero attached hydrogens (tertiary/aromatic N) is 1. The number of unbranched alkanes of at least 4 members (excludes halogenated alkanes) is 5. The van der Waals surface area contributed by atoms with Crippen molar-refractivity contribution >= 4 is 5.71 Å². The van der Waals surface area contributed by atoms with Crippen LogP contribution >= 0.6 is 0 Å². The number of aliphatic hydroxyl groups excluding tert-OH is 1. The van der Waals surface area contributed by atoms with Crippen molar-refractivity contribution in [1.82, 2.24) is 0 Å². The Bertz CT molecular complexity index is 357. The third-order valence-electron chi connectivity index (χ3n) is 4.29. The van der Waals surface area contributed by atoms with E-state index in [0.29, 0.717) is 0 Å². The second kappa shape index (κ2) is 12.5. The fourth-order valence-corrected chi connectivity index (χ4v) is 2.81. The van der Waals surface area contributed by atoms with Gasteiger partial charge in [0.15, 0.2) is 0 Å². The van der Waals surface area contributed by atoms with Crippen molar-refractivity contribution in [3.05, 3.63) is 24.6 Å². The summed E-state index contributed by atoms with van der Waals surface area (Å²) in [5.41, 5.74) is 1.03. The monoisotopic (exact) mass is 307 g/mol. The molecular formula is C20H37NO. The lowest BCUT2D eigenvalue weighted by molar-refractivity contribution is 0.357. The second-order valence-electron chi connectivity index (χ2n) is 6.55. The molecule has 0 aromatic heterocycles. The lowest BCUT2D eigenvalue weighted by Crippen LogP contribution is -2.27. The lowest BCUT2D eigenvalue weighted by Gasteiger charge is -2.30. The number of hydrogen-bond acceptors (Lipinski definition) is 2. The Hall–Kier alpha value is -1.05. The largest absolute Gasteiger partial charge is 0.494 e. The zero-order valence-electron chi connectivity index (χ0n) is 15.3. The van der Waals surface area contributed by atoms with E-state index in [1.54, 1.807) is 0 Å². The Morgan fingerprint density at radius 2 is 1.59 bits per heavy atom. The van der Waals surface area contributed by atoms with Gasteiger partial charge in [-0.05, 0) is 31.9 Å². The molecule has 0 rings (SSSR count). The van der Waals surface area contributed by atoms with Gasteiger partial charge in [-0.1, -0.05) is 78.7 Å². The van der Waals surface area contributed by atoms with E-state index in [1.165, 1.54) is 44.9 Å². The van der Waals surface area contributed by atoms with Crippen molar-refractivity contribution in [3.8, 4) is 0 Å². The Balaban J connectivity index is 4.99. The normalized spacial score (nSPS) is 15.2. The van der Waals surface area contributed by atoms with Gasteiger partial charge in [0.25, 0.3) is 0 Å². The average Bonchev–Trinajstić information content (AvgIpc) is 2.48. The molecule has 1 N–H and O–H groups in total. The number of aliphatic imine (C=N–C) groups is 1. The van der Waals surface area contributed by atoms with Crippen LogP contribution in [-0.4, -0.2) is 10.8 Å². The maximum Gasteiger partial charge on any atom is 0.203 e. The summed E-state index contributed by atoms with van der Waals surface area (Å²) in [5.74, 6) is -0.0792. The molecule has 0 bridgehead atoms. The number of rotatable bonds is 13. The third kappa shape index (κ3) is 9.07. The smallest absolute Gasteiger partial charge is 0.203 e. The average molecular weight is 308 g/mol. The summed E-state index contributed by atoms with van der Waals surface area (Å²) < 4.78 is 0. The van der Waals surface area contributed by atoms with Crippen molar-refractivity contribution in [2.45, 2.75) is 91.9 Å². The summed E-state index contributed by atoms with van der Waals surface area (Å²) >= 11 is 0. The molecule has 0 saturated heterocycles. The first-order chi connectivity index (χ1) is 10.5. The molecule has 0 amide bonds. The predicted octanol–water partition coefficient (Wildman–Crippen LogP) is 6.98. The van der Waals surface area contributed by atoms with Crippen LogP contribution in [0.1, 0.15) is 91.9 Å². The van der Waals surface area contributed by atoms with Gasteiger partial charge >= 0.3 is 0 Å². The molecule has 0 aliphatic heterocycles. The quantitative estimate of drug-likeness (QED) is 0.222. The van der Waals surface area contributed by atoms with Gasteiger partial charge in [-0.15, -0.1) is 0 Å². The van der Waals surface area contributed by atoms with Gasteiger partial charge < -0.3 is 5.11 Å². The summed E-state index contributed by atoms with van der Waals surface area (Å²) in [5, 5.41) is 9.54. The molecule has 2 nitrogen and oxygen atoms in total. The van der Waals surface area contributed by atoms with Gasteiger partial charge in [-0.25, -0.2) is 4.99 Å². The Morgan fingerprint density at radius 3 is 2.14 bits per heavy atom. The molecule has 0 aliphatic rings. The van der Waals surface area contributed by atoms with Crippen molar-refractivity contribution in [2.75, 3.05) is 0 Å². The zero-order valence-corrected chi connectivity index (χ0v) is 15.3. The molecule has 0 fully saturated rings. The van der Waals surface area contributed by atoms with Gasteiger partial charge in [0, 0.05) is 11.1 Å². The van der Waals surface area contributed by atoms with Crippen LogP contribution < -0.4 is 0 Å². The highest BCUT2D eigenvalue weighted by Crippen LogP contribution is 2.34. The van der Waals surface area contributed by atoms with Crippen LogP contribution in [0.4, 0.5) is 0 Å². The van der Waals surface area contributed by atoms with E-state index in [9.17, 15) is 5.11 Å². The van der Waals surface area contributed by atoms with Crippen LogP contribution in [0.5, 0.6) is 0 Å². The SMILES string of the molecule is C=C(O)/N=C(\C=C/CC)C(C)(CCCC)CCCCCCC. The zero-order chi connectivity index (χ0) is 16.8. The van der Waals surface area contributed by atoms with E-state index in [-0.39, 0.29) is 11.3 Å². The first-order valence-corrected chi connectivity index (χ1v) is 9.13. The van der Waals surface area contributed by atoms with Gasteiger partial charge in [0.05, 0.1) is 0 Å². The Morgan fingerprint density at radius 1 is 1.00 bits per heavy atom.